The molecule has 17 heavy (non-hydrogen) atoms. The molecule has 0 amide bonds. The summed E-state index contributed by atoms with van der Waals surface area (Å²) in [6.07, 6.45) is 0. The van der Waals surface area contributed by atoms with Crippen LogP contribution in [0.3, 0.4) is 0 Å². The molecule has 1 aromatic heterocycles. The molecule has 0 atom stereocenters. The number of nitrogens with zero attached hydrogens (tertiary/aromatic N) is 2. The highest BCUT2D eigenvalue weighted by Crippen LogP contribution is 2.15. The van der Waals surface area contributed by atoms with Crippen LogP contribution >= 0.6 is 0 Å². The van der Waals surface area contributed by atoms with E-state index in [1.54, 1.807) is 0 Å². The molecule has 0 unspecified atom stereocenters. The van der Waals surface area contributed by atoms with Crippen molar-refractivity contribution in [2.45, 2.75) is 20.5 Å². The van der Waals surface area contributed by atoms with Crippen molar-refractivity contribution in [1.82, 2.24) is 9.55 Å². The van der Waals surface area contributed by atoms with E-state index in [1.807, 2.05) is 42.8 Å². The Morgan fingerprint density at radius 1 is 1.24 bits per heavy atom. The van der Waals surface area contributed by atoms with Gasteiger partial charge in [0.15, 0.2) is 0 Å². The number of rotatable bonds is 3. The van der Waals surface area contributed by atoms with Crippen LogP contribution in [0.4, 0.5) is 5.69 Å². The highest BCUT2D eigenvalue weighted by atomic mass is 16.5. The smallest absolute Gasteiger partial charge is 0.147 e. The van der Waals surface area contributed by atoms with E-state index in [-0.39, 0.29) is 0 Å². The molecular weight excluding hydrogens is 214 g/mol. The fourth-order valence-electron chi connectivity index (χ4n) is 1.63. The molecule has 2 aromatic rings. The van der Waals surface area contributed by atoms with Crippen molar-refractivity contribution in [3.05, 3.63) is 41.5 Å². The van der Waals surface area contributed by atoms with Gasteiger partial charge in [0.05, 0.1) is 5.69 Å². The van der Waals surface area contributed by atoms with Gasteiger partial charge < -0.3 is 15.0 Å². The fraction of sp³-hybridized carbons (Fsp3) is 0.308. The Bertz CT molecular complexity index is 514. The maximum atomic E-state index is 5.66. The number of hydrogen-bond acceptors (Lipinski definition) is 3. The summed E-state index contributed by atoms with van der Waals surface area (Å²) in [6, 6.07) is 7.37. The van der Waals surface area contributed by atoms with Crippen molar-refractivity contribution in [1.29, 1.82) is 0 Å². The van der Waals surface area contributed by atoms with Crippen LogP contribution in [0, 0.1) is 13.8 Å². The first-order chi connectivity index (χ1) is 8.08. The van der Waals surface area contributed by atoms with Crippen molar-refractivity contribution in [2.75, 3.05) is 5.73 Å². The minimum atomic E-state index is 0.467. The number of anilines is 1. The van der Waals surface area contributed by atoms with E-state index in [0.717, 1.165) is 23.0 Å². The summed E-state index contributed by atoms with van der Waals surface area (Å²) in [5.74, 6) is 1.73. The Labute approximate surface area is 101 Å². The molecule has 4 nitrogen and oxygen atoms in total. The van der Waals surface area contributed by atoms with Crippen LogP contribution in [0.1, 0.15) is 17.2 Å². The van der Waals surface area contributed by atoms with E-state index in [1.165, 1.54) is 5.69 Å². The van der Waals surface area contributed by atoms with E-state index in [9.17, 15) is 0 Å². The zero-order chi connectivity index (χ0) is 12.4. The van der Waals surface area contributed by atoms with Crippen molar-refractivity contribution >= 4 is 5.69 Å². The average Bonchev–Trinajstić information content (AvgIpc) is 2.56. The van der Waals surface area contributed by atoms with Gasteiger partial charge in [0.2, 0.25) is 0 Å². The quantitative estimate of drug-likeness (QED) is 0.824. The Balaban J connectivity index is 2.07. The number of ether oxygens (including phenoxy) is 1. The molecular formula is C13H17N3O. The summed E-state index contributed by atoms with van der Waals surface area (Å²) < 4.78 is 7.71. The van der Waals surface area contributed by atoms with Gasteiger partial charge in [-0.1, -0.05) is 0 Å². The van der Waals surface area contributed by atoms with E-state index < -0.39 is 0 Å². The summed E-state index contributed by atoms with van der Waals surface area (Å²) in [7, 11) is 2.00. The lowest BCUT2D eigenvalue weighted by molar-refractivity contribution is 0.291. The molecule has 0 bridgehead atoms. The van der Waals surface area contributed by atoms with E-state index in [0.29, 0.717) is 6.61 Å². The highest BCUT2D eigenvalue weighted by Gasteiger charge is 2.07. The molecule has 4 heteroatoms. The first kappa shape index (κ1) is 11.5. The molecule has 1 heterocycles. The van der Waals surface area contributed by atoms with Crippen LogP contribution in [-0.2, 0) is 13.7 Å². The standard InChI is InChI=1S/C13H17N3O/c1-9-10(2)16(3)13(15-9)8-17-12-6-4-11(14)5-7-12/h4-7H,8,14H2,1-3H3. The molecule has 0 fully saturated rings. The first-order valence-corrected chi connectivity index (χ1v) is 5.55. The molecule has 0 saturated heterocycles. The van der Waals surface area contributed by atoms with Crippen molar-refractivity contribution in [2.24, 2.45) is 7.05 Å². The predicted octanol–water partition coefficient (Wildman–Crippen LogP) is 2.20. The second-order valence-electron chi connectivity index (χ2n) is 4.12. The minimum Gasteiger partial charge on any atom is -0.486 e. The number of aromatic nitrogens is 2. The monoisotopic (exact) mass is 231 g/mol. The van der Waals surface area contributed by atoms with Gasteiger partial charge in [0, 0.05) is 18.4 Å². The molecule has 2 rings (SSSR count). The maximum absolute atomic E-state index is 5.66. The number of aryl methyl sites for hydroxylation is 1. The third kappa shape index (κ3) is 2.41. The van der Waals surface area contributed by atoms with Crippen molar-refractivity contribution in [3.63, 3.8) is 0 Å². The lowest BCUT2D eigenvalue weighted by Gasteiger charge is -2.06. The summed E-state index contributed by atoms with van der Waals surface area (Å²) in [5, 5.41) is 0. The maximum Gasteiger partial charge on any atom is 0.147 e. The second-order valence-corrected chi connectivity index (χ2v) is 4.12. The Hall–Kier alpha value is -1.97. The van der Waals surface area contributed by atoms with Crippen LogP contribution in [0.2, 0.25) is 0 Å². The molecule has 90 valence electrons. The van der Waals surface area contributed by atoms with E-state index in [4.69, 9.17) is 10.5 Å². The van der Waals surface area contributed by atoms with E-state index >= 15 is 0 Å². The zero-order valence-electron chi connectivity index (χ0n) is 10.4. The van der Waals surface area contributed by atoms with Crippen LogP contribution in [0.5, 0.6) is 5.75 Å². The van der Waals surface area contributed by atoms with Gasteiger partial charge in [0.1, 0.15) is 18.2 Å². The zero-order valence-corrected chi connectivity index (χ0v) is 10.4. The summed E-state index contributed by atoms with van der Waals surface area (Å²) in [6.45, 7) is 4.52. The van der Waals surface area contributed by atoms with Crippen LogP contribution in [0.25, 0.3) is 0 Å². The summed E-state index contributed by atoms with van der Waals surface area (Å²) in [4.78, 5) is 4.46. The van der Waals surface area contributed by atoms with Crippen LogP contribution < -0.4 is 10.5 Å². The molecule has 2 N–H and O–H groups in total. The lowest BCUT2D eigenvalue weighted by Crippen LogP contribution is -2.04. The van der Waals surface area contributed by atoms with Crippen LogP contribution in [0.15, 0.2) is 24.3 Å². The molecule has 1 aromatic carbocycles. The van der Waals surface area contributed by atoms with Crippen LogP contribution in [-0.4, -0.2) is 9.55 Å². The van der Waals surface area contributed by atoms with E-state index in [2.05, 4.69) is 11.9 Å². The van der Waals surface area contributed by atoms with Gasteiger partial charge in [-0.25, -0.2) is 4.98 Å². The van der Waals surface area contributed by atoms with Gasteiger partial charge in [-0.2, -0.15) is 0 Å². The Morgan fingerprint density at radius 2 is 1.88 bits per heavy atom. The van der Waals surface area contributed by atoms with Gasteiger partial charge >= 0.3 is 0 Å². The topological polar surface area (TPSA) is 53.1 Å². The van der Waals surface area contributed by atoms with Crippen molar-refractivity contribution < 1.29 is 4.74 Å². The number of nitrogen functional groups attached to an aromatic ring is 1. The molecule has 0 aliphatic rings. The second kappa shape index (κ2) is 4.49. The third-order valence-corrected chi connectivity index (χ3v) is 2.96. The molecule has 0 radical (unpaired) electrons. The minimum absolute atomic E-state index is 0.467. The highest BCUT2D eigenvalue weighted by molar-refractivity contribution is 5.41. The predicted molar refractivity (Wildman–Crippen MR) is 67.9 cm³/mol. The molecule has 0 aliphatic heterocycles. The summed E-state index contributed by atoms with van der Waals surface area (Å²) >= 11 is 0. The number of nitrogens with two attached hydrogens (primary N) is 1. The van der Waals surface area contributed by atoms with Crippen molar-refractivity contribution in [3.8, 4) is 5.75 Å². The Morgan fingerprint density at radius 3 is 2.41 bits per heavy atom. The molecule has 0 aliphatic carbocycles. The van der Waals surface area contributed by atoms with Gasteiger partial charge in [-0.3, -0.25) is 0 Å². The third-order valence-electron chi connectivity index (χ3n) is 2.96. The Kier molecular flexibility index (Phi) is 3.04. The average molecular weight is 231 g/mol. The van der Waals surface area contributed by atoms with Gasteiger partial charge in [-0.15, -0.1) is 0 Å². The van der Waals surface area contributed by atoms with Gasteiger partial charge in [0.25, 0.3) is 0 Å². The normalized spacial score (nSPS) is 10.5. The SMILES string of the molecule is Cc1nc(COc2ccc(N)cc2)n(C)c1C. The molecule has 0 saturated carbocycles. The largest absolute Gasteiger partial charge is 0.486 e. The fourth-order valence-corrected chi connectivity index (χ4v) is 1.63. The first-order valence-electron chi connectivity index (χ1n) is 5.55. The summed E-state index contributed by atoms with van der Waals surface area (Å²) in [5.41, 5.74) is 8.56. The van der Waals surface area contributed by atoms with Gasteiger partial charge in [-0.05, 0) is 38.1 Å². The number of benzene rings is 1. The number of imidazole rings is 1. The molecule has 0 spiro atoms. The number of hydrogen-bond donors (Lipinski definition) is 1. The lowest BCUT2D eigenvalue weighted by atomic mass is 10.3.